The molecule has 0 aliphatic heterocycles. The number of fused-ring (bicyclic) bond motifs is 1. The lowest BCUT2D eigenvalue weighted by molar-refractivity contribution is -0.274. The first-order chi connectivity index (χ1) is 18.6. The van der Waals surface area contributed by atoms with Crippen LogP contribution in [0.3, 0.4) is 0 Å². The minimum Gasteiger partial charge on any atom is -0.492 e. The third-order valence-corrected chi connectivity index (χ3v) is 7.48. The van der Waals surface area contributed by atoms with Gasteiger partial charge < -0.3 is 14.2 Å². The van der Waals surface area contributed by atoms with E-state index in [1.165, 1.54) is 43.4 Å². The van der Waals surface area contributed by atoms with Gasteiger partial charge in [0.05, 0.1) is 5.92 Å². The highest BCUT2D eigenvalue weighted by atomic mass is 32.1. The van der Waals surface area contributed by atoms with E-state index in [2.05, 4.69) is 4.74 Å². The molecule has 0 spiro atoms. The van der Waals surface area contributed by atoms with Gasteiger partial charge in [-0.15, -0.1) is 24.5 Å². The summed E-state index contributed by atoms with van der Waals surface area (Å²) in [7, 11) is 0. The molecule has 0 fully saturated rings. The van der Waals surface area contributed by atoms with Crippen molar-refractivity contribution in [3.05, 3.63) is 48.0 Å². The predicted octanol–water partition coefficient (Wildman–Crippen LogP) is 9.35. The Labute approximate surface area is 233 Å². The molecule has 0 radical (unpaired) electrons. The number of alkyl halides is 6. The van der Waals surface area contributed by atoms with Crippen molar-refractivity contribution < 1.29 is 45.3 Å². The molecule has 2 aromatic carbocycles. The van der Waals surface area contributed by atoms with E-state index in [1.54, 1.807) is 24.3 Å². The maximum atomic E-state index is 13.8. The average Bonchev–Trinajstić information content (AvgIpc) is 3.27. The fourth-order valence-electron chi connectivity index (χ4n) is 3.79. The van der Waals surface area contributed by atoms with Gasteiger partial charge in [0.25, 0.3) is 0 Å². The van der Waals surface area contributed by atoms with Gasteiger partial charge in [-0.1, -0.05) is 39.7 Å². The Morgan fingerprint density at radius 1 is 0.950 bits per heavy atom. The normalized spacial score (nSPS) is 13.9. The Hall–Kier alpha value is -2.95. The maximum absolute atomic E-state index is 13.8. The summed E-state index contributed by atoms with van der Waals surface area (Å²) in [6.45, 7) is 4.31. The molecule has 1 atom stereocenters. The van der Waals surface area contributed by atoms with Crippen molar-refractivity contribution in [1.29, 1.82) is 0 Å². The van der Waals surface area contributed by atoms with Gasteiger partial charge in [-0.3, -0.25) is 4.79 Å². The van der Waals surface area contributed by atoms with Gasteiger partial charge in [0, 0.05) is 15.1 Å². The first-order valence-electron chi connectivity index (χ1n) is 12.9. The van der Waals surface area contributed by atoms with Crippen molar-refractivity contribution in [3.8, 4) is 21.9 Å². The number of thiophene rings is 1. The Morgan fingerprint density at radius 3 is 2.30 bits per heavy atom. The van der Waals surface area contributed by atoms with Crippen LogP contribution in [0.2, 0.25) is 0 Å². The Balaban J connectivity index is 1.85. The molecule has 1 unspecified atom stereocenters. The first-order valence-corrected chi connectivity index (χ1v) is 13.7. The molecule has 1 aromatic heterocycles. The number of unbranched alkanes of at least 4 members (excludes halogenated alkanes) is 2. The molecule has 0 saturated carbocycles. The van der Waals surface area contributed by atoms with Crippen LogP contribution >= 0.6 is 11.3 Å². The predicted molar refractivity (Wildman–Crippen MR) is 143 cm³/mol. The molecule has 220 valence electrons. The molecule has 0 bridgehead atoms. The third-order valence-electron chi connectivity index (χ3n) is 6.34. The average molecular weight is 591 g/mol. The monoisotopic (exact) mass is 590 g/mol. The number of ether oxygens (including phenoxy) is 3. The van der Waals surface area contributed by atoms with E-state index in [0.29, 0.717) is 21.4 Å². The van der Waals surface area contributed by atoms with E-state index in [9.17, 15) is 31.1 Å². The highest BCUT2D eigenvalue weighted by molar-refractivity contribution is 7.22. The standard InChI is InChI=1S/C29H32F6O4S/c1-5-6-7-8-19-9-12-22(23(13-19)39-29(33,34)35)25-14-20-10-11-21(15-24(20)40-25)37-16-27(4,28(30,31)32)17-38-26(36)18(2)3/h9-15,18H,5-8,16-17H2,1-4H3. The van der Waals surface area contributed by atoms with Crippen LogP contribution in [-0.2, 0) is 16.0 Å². The molecule has 4 nitrogen and oxygen atoms in total. The smallest absolute Gasteiger partial charge is 0.492 e. The molecule has 0 N–H and O–H groups in total. The number of rotatable bonds is 12. The number of carbonyl (C=O) groups excluding carboxylic acids is 1. The summed E-state index contributed by atoms with van der Waals surface area (Å²) in [5, 5.41) is 0.682. The van der Waals surface area contributed by atoms with Gasteiger partial charge in [-0.05, 0) is 67.1 Å². The van der Waals surface area contributed by atoms with Crippen LogP contribution in [0.15, 0.2) is 42.5 Å². The van der Waals surface area contributed by atoms with Crippen LogP contribution in [0.5, 0.6) is 11.5 Å². The third kappa shape index (κ3) is 8.28. The summed E-state index contributed by atoms with van der Waals surface area (Å²) in [5.41, 5.74) is -1.45. The highest BCUT2D eigenvalue weighted by Gasteiger charge is 2.53. The number of hydrogen-bond donors (Lipinski definition) is 0. The van der Waals surface area contributed by atoms with E-state index in [0.717, 1.165) is 31.7 Å². The van der Waals surface area contributed by atoms with Crippen molar-refractivity contribution in [2.75, 3.05) is 13.2 Å². The molecule has 11 heteroatoms. The second-order valence-corrected chi connectivity index (χ2v) is 11.3. The molecular formula is C29H32F6O4S. The zero-order chi connectivity index (χ0) is 29.7. The highest BCUT2D eigenvalue weighted by Crippen LogP contribution is 2.43. The van der Waals surface area contributed by atoms with Gasteiger partial charge in [-0.25, -0.2) is 0 Å². The maximum Gasteiger partial charge on any atom is 0.573 e. The molecule has 0 amide bonds. The van der Waals surface area contributed by atoms with Gasteiger partial charge in [0.1, 0.15) is 30.1 Å². The molecule has 0 aliphatic carbocycles. The van der Waals surface area contributed by atoms with E-state index in [-0.39, 0.29) is 17.1 Å². The van der Waals surface area contributed by atoms with Crippen molar-refractivity contribution in [1.82, 2.24) is 0 Å². The second-order valence-electron chi connectivity index (χ2n) is 10.3. The lowest BCUT2D eigenvalue weighted by Crippen LogP contribution is -2.45. The summed E-state index contributed by atoms with van der Waals surface area (Å²) in [5.74, 6) is -1.48. The molecule has 3 aromatic rings. The van der Waals surface area contributed by atoms with Crippen LogP contribution in [0.1, 0.15) is 52.5 Å². The first kappa shape index (κ1) is 31.6. The molecule has 0 aliphatic rings. The fraction of sp³-hybridized carbons (Fsp3) is 0.483. The van der Waals surface area contributed by atoms with Crippen LogP contribution in [0.25, 0.3) is 20.5 Å². The second kappa shape index (κ2) is 12.7. The molecular weight excluding hydrogens is 558 g/mol. The number of halogens is 6. The number of aryl methyl sites for hydroxylation is 1. The summed E-state index contributed by atoms with van der Waals surface area (Å²) in [4.78, 5) is 12.2. The van der Waals surface area contributed by atoms with Crippen molar-refractivity contribution in [2.45, 2.75) is 65.9 Å². The van der Waals surface area contributed by atoms with Gasteiger partial charge in [0.15, 0.2) is 0 Å². The SMILES string of the molecule is CCCCCc1ccc(-c2cc3ccc(OCC(C)(COC(=O)C(C)C)C(F)(F)F)cc3s2)c(OC(F)(F)F)c1. The number of benzene rings is 2. The summed E-state index contributed by atoms with van der Waals surface area (Å²) < 4.78 is 96.3. The van der Waals surface area contributed by atoms with Crippen LogP contribution < -0.4 is 9.47 Å². The van der Waals surface area contributed by atoms with Gasteiger partial charge in [-0.2, -0.15) is 13.2 Å². The van der Waals surface area contributed by atoms with Crippen LogP contribution in [-0.4, -0.2) is 31.7 Å². The molecule has 40 heavy (non-hydrogen) atoms. The van der Waals surface area contributed by atoms with E-state index >= 15 is 0 Å². The van der Waals surface area contributed by atoms with Crippen molar-refractivity contribution >= 4 is 27.4 Å². The largest absolute Gasteiger partial charge is 0.573 e. The number of carbonyl (C=O) groups is 1. The lowest BCUT2D eigenvalue weighted by Gasteiger charge is -2.31. The van der Waals surface area contributed by atoms with E-state index < -0.39 is 43.1 Å². The summed E-state index contributed by atoms with van der Waals surface area (Å²) in [6.07, 6.45) is -6.16. The minimum atomic E-state index is -4.87. The number of hydrogen-bond acceptors (Lipinski definition) is 5. The minimum absolute atomic E-state index is 0.143. The van der Waals surface area contributed by atoms with E-state index in [1.807, 2.05) is 6.92 Å². The Kier molecular flexibility index (Phi) is 10.0. The van der Waals surface area contributed by atoms with Crippen molar-refractivity contribution in [2.24, 2.45) is 11.3 Å². The van der Waals surface area contributed by atoms with Gasteiger partial charge in [0.2, 0.25) is 0 Å². The zero-order valence-corrected chi connectivity index (χ0v) is 23.5. The Bertz CT molecular complexity index is 1300. The molecule has 1 heterocycles. The van der Waals surface area contributed by atoms with Crippen LogP contribution in [0, 0.1) is 11.3 Å². The number of esters is 1. The van der Waals surface area contributed by atoms with Crippen molar-refractivity contribution in [3.63, 3.8) is 0 Å². The zero-order valence-electron chi connectivity index (χ0n) is 22.7. The molecule has 0 saturated heterocycles. The fourth-order valence-corrected chi connectivity index (χ4v) is 4.91. The lowest BCUT2D eigenvalue weighted by atomic mass is 9.92. The van der Waals surface area contributed by atoms with Crippen LogP contribution in [0.4, 0.5) is 26.3 Å². The Morgan fingerprint density at radius 2 is 1.68 bits per heavy atom. The topological polar surface area (TPSA) is 44.8 Å². The quantitative estimate of drug-likeness (QED) is 0.120. The summed E-state index contributed by atoms with van der Waals surface area (Å²) >= 11 is 1.17. The van der Waals surface area contributed by atoms with Gasteiger partial charge >= 0.3 is 18.5 Å². The summed E-state index contributed by atoms with van der Waals surface area (Å²) in [6, 6.07) is 11.1. The van der Waals surface area contributed by atoms with E-state index in [4.69, 9.17) is 9.47 Å². The molecule has 3 rings (SSSR count).